The molecule has 2 aromatic rings. The Bertz CT molecular complexity index is 563. The zero-order valence-electron chi connectivity index (χ0n) is 10.2. The summed E-state index contributed by atoms with van der Waals surface area (Å²) in [6.07, 6.45) is 3.79. The van der Waals surface area contributed by atoms with Gasteiger partial charge in [-0.15, -0.1) is 0 Å². The Morgan fingerprint density at radius 1 is 0.684 bits per heavy atom. The van der Waals surface area contributed by atoms with Gasteiger partial charge in [0.05, 0.1) is 0 Å². The van der Waals surface area contributed by atoms with Gasteiger partial charge in [0.15, 0.2) is 0 Å². The Hall–Kier alpha value is -1.42. The van der Waals surface area contributed by atoms with Gasteiger partial charge in [-0.3, -0.25) is 0 Å². The predicted octanol–water partition coefficient (Wildman–Crippen LogP) is 4.75. The normalized spacial score (nSPS) is 22.4. The maximum atomic E-state index is 5.47. The van der Waals surface area contributed by atoms with E-state index in [1.165, 1.54) is 0 Å². The van der Waals surface area contributed by atoms with Crippen molar-refractivity contribution in [1.29, 1.82) is 0 Å². The van der Waals surface area contributed by atoms with Gasteiger partial charge in [-0.05, 0) is 35.4 Å². The molecule has 0 bridgehead atoms. The monoisotopic (exact) mass is 316 g/mol. The summed E-state index contributed by atoms with van der Waals surface area (Å²) in [6, 6.07) is 18.1. The molecule has 0 N–H and O–H groups in total. The molecule has 3 heteroatoms. The number of benzene rings is 2. The van der Waals surface area contributed by atoms with Crippen LogP contribution in [-0.2, 0) is 9.78 Å². The molecule has 0 amide bonds. The van der Waals surface area contributed by atoms with Gasteiger partial charge in [0.25, 0.3) is 0 Å². The number of hydrogen-bond donors (Lipinski definition) is 0. The lowest BCUT2D eigenvalue weighted by atomic mass is 10.0. The highest BCUT2D eigenvalue weighted by molar-refractivity contribution is 9.10. The molecule has 1 aliphatic rings. The lowest BCUT2D eigenvalue weighted by molar-refractivity contribution is -0.345. The number of hydrogen-bond acceptors (Lipinski definition) is 2. The van der Waals surface area contributed by atoms with Crippen LogP contribution < -0.4 is 0 Å². The molecule has 0 radical (unpaired) electrons. The first kappa shape index (κ1) is 12.6. The van der Waals surface area contributed by atoms with Crippen molar-refractivity contribution < 1.29 is 9.78 Å². The molecule has 2 nitrogen and oxygen atoms in total. The van der Waals surface area contributed by atoms with E-state index in [2.05, 4.69) is 15.9 Å². The topological polar surface area (TPSA) is 18.5 Å². The zero-order valence-corrected chi connectivity index (χ0v) is 11.8. The van der Waals surface area contributed by atoms with Crippen LogP contribution in [0, 0.1) is 0 Å². The van der Waals surface area contributed by atoms with Crippen molar-refractivity contribution in [1.82, 2.24) is 0 Å². The minimum atomic E-state index is -0.145. The Morgan fingerprint density at radius 2 is 1.21 bits per heavy atom. The van der Waals surface area contributed by atoms with Crippen molar-refractivity contribution in [3.05, 3.63) is 82.3 Å². The molecule has 0 spiro atoms. The fraction of sp³-hybridized carbons (Fsp3) is 0.125. The highest BCUT2D eigenvalue weighted by Gasteiger charge is 2.20. The smallest absolute Gasteiger partial charge is 0.136 e. The first-order chi connectivity index (χ1) is 9.33. The third-order valence-electron chi connectivity index (χ3n) is 3.05. The molecule has 0 aliphatic carbocycles. The second kappa shape index (κ2) is 5.70. The maximum Gasteiger partial charge on any atom is 0.136 e. The average Bonchev–Trinajstić information content (AvgIpc) is 2.49. The molecule has 2 aromatic carbocycles. The van der Waals surface area contributed by atoms with Crippen LogP contribution >= 0.6 is 15.9 Å². The van der Waals surface area contributed by atoms with Crippen LogP contribution in [0.3, 0.4) is 0 Å². The van der Waals surface area contributed by atoms with E-state index >= 15 is 0 Å². The Morgan fingerprint density at radius 3 is 1.74 bits per heavy atom. The molecule has 19 heavy (non-hydrogen) atoms. The van der Waals surface area contributed by atoms with Gasteiger partial charge >= 0.3 is 0 Å². The molecular weight excluding hydrogens is 304 g/mol. The second-order valence-corrected chi connectivity index (χ2v) is 5.30. The lowest BCUT2D eigenvalue weighted by Crippen LogP contribution is -2.12. The third kappa shape index (κ3) is 2.95. The lowest BCUT2D eigenvalue weighted by Gasteiger charge is -2.23. The Kier molecular flexibility index (Phi) is 3.78. The minimum absolute atomic E-state index is 0.132. The number of halogens is 1. The van der Waals surface area contributed by atoms with Crippen molar-refractivity contribution in [2.75, 3.05) is 0 Å². The molecule has 0 saturated carbocycles. The van der Waals surface area contributed by atoms with Crippen LogP contribution in [-0.4, -0.2) is 0 Å². The second-order valence-electron chi connectivity index (χ2n) is 4.38. The fourth-order valence-corrected chi connectivity index (χ4v) is 2.28. The predicted molar refractivity (Wildman–Crippen MR) is 77.4 cm³/mol. The molecule has 2 atom stereocenters. The molecule has 1 heterocycles. The van der Waals surface area contributed by atoms with Crippen LogP contribution in [0.1, 0.15) is 23.3 Å². The summed E-state index contributed by atoms with van der Waals surface area (Å²) in [6.45, 7) is 0. The van der Waals surface area contributed by atoms with Gasteiger partial charge in [0, 0.05) is 4.47 Å². The minimum Gasteiger partial charge on any atom is -0.223 e. The number of rotatable bonds is 2. The third-order valence-corrected chi connectivity index (χ3v) is 3.58. The Balaban J connectivity index is 1.75. The van der Waals surface area contributed by atoms with Gasteiger partial charge < -0.3 is 0 Å². The van der Waals surface area contributed by atoms with E-state index in [0.717, 1.165) is 15.6 Å². The summed E-state index contributed by atoms with van der Waals surface area (Å²) in [5.41, 5.74) is 2.17. The molecule has 0 unspecified atom stereocenters. The van der Waals surface area contributed by atoms with Crippen molar-refractivity contribution in [3.63, 3.8) is 0 Å². The van der Waals surface area contributed by atoms with E-state index < -0.39 is 0 Å². The van der Waals surface area contributed by atoms with Gasteiger partial charge in [0.2, 0.25) is 0 Å². The molecule has 0 aromatic heterocycles. The quantitative estimate of drug-likeness (QED) is 0.588. The average molecular weight is 317 g/mol. The molecule has 0 fully saturated rings. The largest absolute Gasteiger partial charge is 0.223 e. The van der Waals surface area contributed by atoms with Crippen molar-refractivity contribution in [2.24, 2.45) is 0 Å². The molecule has 1 aliphatic heterocycles. The summed E-state index contributed by atoms with van der Waals surface area (Å²) < 4.78 is 1.05. The Labute approximate surface area is 120 Å². The zero-order chi connectivity index (χ0) is 13.1. The highest BCUT2D eigenvalue weighted by Crippen LogP contribution is 2.31. The molecule has 0 saturated heterocycles. The fourth-order valence-electron chi connectivity index (χ4n) is 2.01. The summed E-state index contributed by atoms with van der Waals surface area (Å²) in [5, 5.41) is 0. The van der Waals surface area contributed by atoms with Gasteiger partial charge in [0.1, 0.15) is 12.2 Å². The van der Waals surface area contributed by atoms with E-state index in [0.29, 0.717) is 0 Å². The SMILES string of the molecule is Brc1ccc([C@@H]2C=C[C@H](c3ccccc3)OO2)cc1. The highest BCUT2D eigenvalue weighted by atomic mass is 79.9. The van der Waals surface area contributed by atoms with Crippen molar-refractivity contribution >= 4 is 15.9 Å². The van der Waals surface area contributed by atoms with Crippen LogP contribution in [0.4, 0.5) is 0 Å². The van der Waals surface area contributed by atoms with E-state index in [9.17, 15) is 0 Å². The van der Waals surface area contributed by atoms with Gasteiger partial charge in [-0.25, -0.2) is 9.78 Å². The van der Waals surface area contributed by atoms with Crippen LogP contribution in [0.15, 0.2) is 71.2 Å². The molecule has 96 valence electrons. The van der Waals surface area contributed by atoms with E-state index in [4.69, 9.17) is 9.78 Å². The summed E-state index contributed by atoms with van der Waals surface area (Å²) in [5.74, 6) is 0. The summed E-state index contributed by atoms with van der Waals surface area (Å²) in [7, 11) is 0. The standard InChI is InChI=1S/C16H13BrO2/c17-14-8-6-13(7-9-14)16-11-10-15(18-19-16)12-4-2-1-3-5-12/h1-11,15-16H/t15-,16+/m1/s1. The molecular formula is C16H13BrO2. The summed E-state index contributed by atoms with van der Waals surface area (Å²) >= 11 is 3.42. The van der Waals surface area contributed by atoms with E-state index in [1.807, 2.05) is 66.7 Å². The van der Waals surface area contributed by atoms with Crippen molar-refractivity contribution in [2.45, 2.75) is 12.2 Å². The van der Waals surface area contributed by atoms with Crippen LogP contribution in [0.25, 0.3) is 0 Å². The van der Waals surface area contributed by atoms with Gasteiger partial charge in [-0.1, -0.05) is 58.4 Å². The van der Waals surface area contributed by atoms with Crippen LogP contribution in [0.5, 0.6) is 0 Å². The van der Waals surface area contributed by atoms with E-state index in [1.54, 1.807) is 0 Å². The van der Waals surface area contributed by atoms with Crippen molar-refractivity contribution in [3.8, 4) is 0 Å². The maximum absolute atomic E-state index is 5.47. The van der Waals surface area contributed by atoms with Crippen LogP contribution in [0.2, 0.25) is 0 Å². The first-order valence-electron chi connectivity index (χ1n) is 6.14. The van der Waals surface area contributed by atoms with E-state index in [-0.39, 0.29) is 12.2 Å². The van der Waals surface area contributed by atoms with Gasteiger partial charge in [-0.2, -0.15) is 0 Å². The summed E-state index contributed by atoms with van der Waals surface area (Å²) in [4.78, 5) is 10.9. The first-order valence-corrected chi connectivity index (χ1v) is 6.93. The molecule has 3 rings (SSSR count).